The molecule has 0 spiro atoms. The van der Waals surface area contributed by atoms with Crippen molar-refractivity contribution >= 4 is 15.7 Å². The number of aromatic amines is 1. The highest BCUT2D eigenvalue weighted by Gasteiger charge is 2.23. The molecule has 3 N–H and O–H groups in total. The van der Waals surface area contributed by atoms with Crippen molar-refractivity contribution in [2.24, 2.45) is 0 Å². The predicted molar refractivity (Wildman–Crippen MR) is 77.2 cm³/mol. The standard InChI is InChI=1S/C12H17N5O3S/c1-8-14-12(16-15-8)7-17(2)21(18,19)9-4-5-11(20-3)10(13)6-9/h4-6H,7,13H2,1-3H3,(H,14,15,16). The van der Waals surface area contributed by atoms with Crippen LogP contribution in [0.4, 0.5) is 5.69 Å². The molecule has 9 heteroatoms. The van der Waals surface area contributed by atoms with Gasteiger partial charge in [0.25, 0.3) is 0 Å². The lowest BCUT2D eigenvalue weighted by molar-refractivity contribution is 0.416. The minimum absolute atomic E-state index is 0.0681. The molecule has 0 unspecified atom stereocenters. The van der Waals surface area contributed by atoms with Gasteiger partial charge in [-0.15, -0.1) is 0 Å². The quantitative estimate of drug-likeness (QED) is 0.778. The van der Waals surface area contributed by atoms with E-state index in [-0.39, 0.29) is 17.1 Å². The zero-order chi connectivity index (χ0) is 15.6. The second-order valence-corrected chi connectivity index (χ2v) is 6.55. The van der Waals surface area contributed by atoms with Crippen molar-refractivity contribution in [2.75, 3.05) is 19.9 Å². The van der Waals surface area contributed by atoms with Crippen LogP contribution in [0.15, 0.2) is 23.1 Å². The van der Waals surface area contributed by atoms with Crippen LogP contribution in [0.2, 0.25) is 0 Å². The fourth-order valence-corrected chi connectivity index (χ4v) is 2.96. The maximum atomic E-state index is 12.5. The maximum Gasteiger partial charge on any atom is 0.243 e. The Morgan fingerprint density at radius 2 is 2.14 bits per heavy atom. The second-order valence-electron chi connectivity index (χ2n) is 4.50. The fourth-order valence-electron chi connectivity index (χ4n) is 1.80. The number of H-pyrrole nitrogens is 1. The smallest absolute Gasteiger partial charge is 0.243 e. The monoisotopic (exact) mass is 311 g/mol. The van der Waals surface area contributed by atoms with Crippen LogP contribution in [0.5, 0.6) is 5.75 Å². The molecule has 2 rings (SSSR count). The molecule has 0 aliphatic rings. The maximum absolute atomic E-state index is 12.5. The van der Waals surface area contributed by atoms with E-state index in [1.165, 1.54) is 32.4 Å². The summed E-state index contributed by atoms with van der Waals surface area (Å²) in [5, 5.41) is 6.59. The summed E-state index contributed by atoms with van der Waals surface area (Å²) < 4.78 is 31.1. The molecule has 0 fully saturated rings. The van der Waals surface area contributed by atoms with Gasteiger partial charge in [0.15, 0.2) is 5.82 Å². The van der Waals surface area contributed by atoms with E-state index in [1.54, 1.807) is 6.92 Å². The Morgan fingerprint density at radius 1 is 1.43 bits per heavy atom. The predicted octanol–water partition coefficient (Wildman–Crippen LogP) is 0.525. The highest BCUT2D eigenvalue weighted by molar-refractivity contribution is 7.89. The Kier molecular flexibility index (Phi) is 4.14. The Labute approximate surface area is 123 Å². The second kappa shape index (κ2) is 5.70. The lowest BCUT2D eigenvalue weighted by Crippen LogP contribution is -2.27. The number of nitrogens with two attached hydrogens (primary N) is 1. The van der Waals surface area contributed by atoms with Gasteiger partial charge in [0.1, 0.15) is 11.6 Å². The molecule has 1 heterocycles. The molecule has 0 aliphatic carbocycles. The number of nitrogens with one attached hydrogen (secondary N) is 1. The van der Waals surface area contributed by atoms with Crippen LogP contribution in [0.1, 0.15) is 11.6 Å². The van der Waals surface area contributed by atoms with Crippen LogP contribution < -0.4 is 10.5 Å². The number of ether oxygens (including phenoxy) is 1. The van der Waals surface area contributed by atoms with Gasteiger partial charge in [0.2, 0.25) is 10.0 Å². The van der Waals surface area contributed by atoms with Crippen LogP contribution in [-0.4, -0.2) is 42.1 Å². The first-order valence-corrected chi connectivity index (χ1v) is 7.56. The highest BCUT2D eigenvalue weighted by Crippen LogP contribution is 2.26. The highest BCUT2D eigenvalue weighted by atomic mass is 32.2. The molecule has 0 saturated carbocycles. The molecule has 1 aromatic heterocycles. The Hall–Kier alpha value is -2.13. The molecule has 2 aromatic rings. The van der Waals surface area contributed by atoms with Crippen LogP contribution >= 0.6 is 0 Å². The Morgan fingerprint density at radius 3 is 2.67 bits per heavy atom. The molecule has 0 radical (unpaired) electrons. The first-order valence-electron chi connectivity index (χ1n) is 6.12. The van der Waals surface area contributed by atoms with Gasteiger partial charge >= 0.3 is 0 Å². The molecule has 0 aliphatic heterocycles. The number of sulfonamides is 1. The summed E-state index contributed by atoms with van der Waals surface area (Å²) in [6, 6.07) is 4.34. The summed E-state index contributed by atoms with van der Waals surface area (Å²) in [6.07, 6.45) is 0. The van der Waals surface area contributed by atoms with E-state index in [0.29, 0.717) is 17.4 Å². The molecule has 0 atom stereocenters. The fraction of sp³-hybridized carbons (Fsp3) is 0.333. The first-order chi connectivity index (χ1) is 9.84. The number of nitrogen functional groups attached to an aromatic ring is 1. The topological polar surface area (TPSA) is 114 Å². The molecule has 0 amide bonds. The van der Waals surface area contributed by atoms with Gasteiger partial charge in [0.05, 0.1) is 24.2 Å². The van der Waals surface area contributed by atoms with Gasteiger partial charge in [0, 0.05) is 7.05 Å². The van der Waals surface area contributed by atoms with Gasteiger partial charge in [-0.2, -0.15) is 9.40 Å². The number of aromatic nitrogens is 3. The van der Waals surface area contributed by atoms with Crippen molar-refractivity contribution in [3.05, 3.63) is 29.8 Å². The van der Waals surface area contributed by atoms with E-state index in [2.05, 4.69) is 15.2 Å². The van der Waals surface area contributed by atoms with E-state index in [9.17, 15) is 8.42 Å². The van der Waals surface area contributed by atoms with Gasteiger partial charge < -0.3 is 10.5 Å². The van der Waals surface area contributed by atoms with E-state index >= 15 is 0 Å². The van der Waals surface area contributed by atoms with Crippen molar-refractivity contribution in [3.63, 3.8) is 0 Å². The summed E-state index contributed by atoms with van der Waals surface area (Å²) in [5.74, 6) is 1.46. The largest absolute Gasteiger partial charge is 0.495 e. The lowest BCUT2D eigenvalue weighted by atomic mass is 10.3. The Bertz CT molecular complexity index is 741. The van der Waals surface area contributed by atoms with Crippen LogP contribution in [0.25, 0.3) is 0 Å². The number of hydrogen-bond acceptors (Lipinski definition) is 6. The third-order valence-corrected chi connectivity index (χ3v) is 4.72. The molecular formula is C12H17N5O3S. The first kappa shape index (κ1) is 15.3. The van der Waals surface area contributed by atoms with Gasteiger partial charge in [-0.1, -0.05) is 0 Å². The number of aryl methyl sites for hydroxylation is 1. The van der Waals surface area contributed by atoms with Crippen LogP contribution in [-0.2, 0) is 16.6 Å². The van der Waals surface area contributed by atoms with Crippen molar-refractivity contribution in [1.82, 2.24) is 19.5 Å². The van der Waals surface area contributed by atoms with E-state index in [4.69, 9.17) is 10.5 Å². The van der Waals surface area contributed by atoms with E-state index < -0.39 is 10.0 Å². The summed E-state index contributed by atoms with van der Waals surface area (Å²) in [7, 11) is -0.742. The number of rotatable bonds is 5. The number of methoxy groups -OCH3 is 1. The molecule has 21 heavy (non-hydrogen) atoms. The van der Waals surface area contributed by atoms with Crippen LogP contribution in [0.3, 0.4) is 0 Å². The molecular weight excluding hydrogens is 294 g/mol. The third-order valence-electron chi connectivity index (χ3n) is 2.92. The normalized spacial score (nSPS) is 11.8. The summed E-state index contributed by atoms with van der Waals surface area (Å²) in [6.45, 7) is 1.81. The molecule has 114 valence electrons. The van der Waals surface area contributed by atoms with Gasteiger partial charge in [-0.25, -0.2) is 13.4 Å². The van der Waals surface area contributed by atoms with Crippen molar-refractivity contribution < 1.29 is 13.2 Å². The van der Waals surface area contributed by atoms with E-state index in [1.807, 2.05) is 0 Å². The average molecular weight is 311 g/mol. The zero-order valence-corrected chi connectivity index (χ0v) is 12.8. The Balaban J connectivity index is 2.26. The van der Waals surface area contributed by atoms with Gasteiger partial charge in [-0.05, 0) is 25.1 Å². The molecule has 1 aromatic carbocycles. The zero-order valence-electron chi connectivity index (χ0n) is 12.0. The molecule has 0 saturated heterocycles. The minimum Gasteiger partial charge on any atom is -0.495 e. The van der Waals surface area contributed by atoms with Crippen molar-refractivity contribution in [3.8, 4) is 5.75 Å². The average Bonchev–Trinajstić information content (AvgIpc) is 2.83. The van der Waals surface area contributed by atoms with Crippen molar-refractivity contribution in [2.45, 2.75) is 18.4 Å². The van der Waals surface area contributed by atoms with Gasteiger partial charge in [-0.3, -0.25) is 5.10 Å². The number of nitrogens with zero attached hydrogens (tertiary/aromatic N) is 3. The lowest BCUT2D eigenvalue weighted by Gasteiger charge is -2.16. The summed E-state index contributed by atoms with van der Waals surface area (Å²) in [5.41, 5.74) is 6.01. The SMILES string of the molecule is COc1ccc(S(=O)(=O)N(C)Cc2n[nH]c(C)n2)cc1N. The minimum atomic E-state index is -3.67. The molecule has 8 nitrogen and oxygen atoms in total. The number of anilines is 1. The summed E-state index contributed by atoms with van der Waals surface area (Å²) in [4.78, 5) is 4.18. The van der Waals surface area contributed by atoms with E-state index in [0.717, 1.165) is 4.31 Å². The number of benzene rings is 1. The molecule has 0 bridgehead atoms. The summed E-state index contributed by atoms with van der Waals surface area (Å²) >= 11 is 0. The van der Waals surface area contributed by atoms with Crippen molar-refractivity contribution in [1.29, 1.82) is 0 Å². The third kappa shape index (κ3) is 3.14. The van der Waals surface area contributed by atoms with Crippen LogP contribution in [0, 0.1) is 6.92 Å². The number of hydrogen-bond donors (Lipinski definition) is 2.